The highest BCUT2D eigenvalue weighted by Crippen LogP contribution is 2.66. The summed E-state index contributed by atoms with van der Waals surface area (Å²) < 4.78 is 5.51. The van der Waals surface area contributed by atoms with Crippen molar-refractivity contribution in [1.29, 1.82) is 0 Å². The zero-order chi connectivity index (χ0) is 13.3. The van der Waals surface area contributed by atoms with Crippen LogP contribution < -0.4 is 0 Å². The third kappa shape index (κ3) is 1.41. The first-order valence-electron chi connectivity index (χ1n) is 6.98. The van der Waals surface area contributed by atoms with Gasteiger partial charge in [-0.15, -0.1) is 0 Å². The van der Waals surface area contributed by atoms with E-state index in [9.17, 15) is 10.2 Å². The minimum Gasteiger partial charge on any atom is -0.390 e. The number of aliphatic hydroxyl groups is 2. The quantitative estimate of drug-likeness (QED) is 0.701. The molecule has 0 spiro atoms. The molecule has 2 N–H and O–H groups in total. The van der Waals surface area contributed by atoms with Crippen LogP contribution in [0.15, 0.2) is 12.2 Å². The Kier molecular flexibility index (Phi) is 2.52. The predicted octanol–water partition coefficient (Wildman–Crippen LogP) is 1.94. The number of ether oxygens (including phenoxy) is 1. The van der Waals surface area contributed by atoms with Gasteiger partial charge in [-0.1, -0.05) is 19.1 Å². The summed E-state index contributed by atoms with van der Waals surface area (Å²) in [5, 5.41) is 20.6. The molecule has 3 aliphatic rings. The molecule has 0 aromatic heterocycles. The normalized spacial score (nSPS) is 51.6. The summed E-state index contributed by atoms with van der Waals surface area (Å²) in [6.45, 7) is 10.9. The second kappa shape index (κ2) is 3.59. The summed E-state index contributed by atoms with van der Waals surface area (Å²) in [6.07, 6.45) is 1.33. The zero-order valence-corrected chi connectivity index (χ0v) is 11.5. The van der Waals surface area contributed by atoms with Crippen LogP contribution in [0.1, 0.15) is 33.6 Å². The molecule has 1 aliphatic heterocycles. The second-order valence-electron chi connectivity index (χ2n) is 7.18. The van der Waals surface area contributed by atoms with E-state index in [1.54, 1.807) is 0 Å². The largest absolute Gasteiger partial charge is 0.390 e. The molecule has 102 valence electrons. The molecule has 3 rings (SSSR count). The van der Waals surface area contributed by atoms with E-state index >= 15 is 0 Å². The van der Waals surface area contributed by atoms with Gasteiger partial charge in [0.25, 0.3) is 0 Å². The lowest BCUT2D eigenvalue weighted by molar-refractivity contribution is -0.204. The first-order valence-corrected chi connectivity index (χ1v) is 6.98. The van der Waals surface area contributed by atoms with Crippen LogP contribution in [-0.4, -0.2) is 28.7 Å². The smallest absolute Gasteiger partial charge is 0.161 e. The fourth-order valence-electron chi connectivity index (χ4n) is 4.84. The first-order chi connectivity index (χ1) is 8.27. The maximum Gasteiger partial charge on any atom is 0.161 e. The van der Waals surface area contributed by atoms with Crippen molar-refractivity contribution in [2.45, 2.75) is 45.5 Å². The van der Waals surface area contributed by atoms with Crippen molar-refractivity contribution in [3.05, 3.63) is 12.2 Å². The van der Waals surface area contributed by atoms with Gasteiger partial charge in [-0.2, -0.15) is 0 Å². The summed E-state index contributed by atoms with van der Waals surface area (Å²) in [7, 11) is 0. The van der Waals surface area contributed by atoms with Crippen LogP contribution in [0.25, 0.3) is 0 Å². The van der Waals surface area contributed by atoms with E-state index in [0.29, 0.717) is 18.4 Å². The number of hydrogen-bond donors (Lipinski definition) is 2. The fourth-order valence-corrected chi connectivity index (χ4v) is 4.84. The zero-order valence-electron chi connectivity index (χ0n) is 11.5. The van der Waals surface area contributed by atoms with Crippen LogP contribution in [0.3, 0.4) is 0 Å². The molecular weight excluding hydrogens is 228 g/mol. The van der Waals surface area contributed by atoms with E-state index in [0.717, 1.165) is 18.4 Å². The van der Waals surface area contributed by atoms with E-state index < -0.39 is 11.9 Å². The van der Waals surface area contributed by atoms with Gasteiger partial charge in [0.1, 0.15) is 0 Å². The van der Waals surface area contributed by atoms with Crippen molar-refractivity contribution in [1.82, 2.24) is 0 Å². The molecule has 2 saturated carbocycles. The van der Waals surface area contributed by atoms with Crippen LogP contribution in [-0.2, 0) is 4.74 Å². The van der Waals surface area contributed by atoms with Crippen molar-refractivity contribution in [3.8, 4) is 0 Å². The Morgan fingerprint density at radius 1 is 1.44 bits per heavy atom. The Hall–Kier alpha value is -0.380. The highest BCUT2D eigenvalue weighted by molar-refractivity contribution is 5.29. The molecule has 2 aliphatic carbocycles. The molecule has 3 nitrogen and oxygen atoms in total. The molecule has 0 unspecified atom stereocenters. The molecule has 0 amide bonds. The van der Waals surface area contributed by atoms with Gasteiger partial charge in [-0.25, -0.2) is 0 Å². The molecule has 1 saturated heterocycles. The fraction of sp³-hybridized carbons (Fsp3) is 0.867. The Balaban J connectivity index is 2.05. The SMILES string of the molecule is C=C1[C@H]2[C@H]3[C@@H](C(C)(C)O)CC[C@]1(C)[C@H]3CO[C@H]2O. The van der Waals surface area contributed by atoms with Gasteiger partial charge >= 0.3 is 0 Å². The molecule has 0 radical (unpaired) electrons. The van der Waals surface area contributed by atoms with Crippen molar-refractivity contribution >= 4 is 0 Å². The Labute approximate surface area is 109 Å². The lowest BCUT2D eigenvalue weighted by Crippen LogP contribution is -2.50. The van der Waals surface area contributed by atoms with Gasteiger partial charge in [0.2, 0.25) is 0 Å². The maximum absolute atomic E-state index is 10.4. The molecule has 4 bridgehead atoms. The van der Waals surface area contributed by atoms with Gasteiger partial charge in [0.15, 0.2) is 6.29 Å². The van der Waals surface area contributed by atoms with Gasteiger partial charge in [-0.05, 0) is 49.9 Å². The highest BCUT2D eigenvalue weighted by Gasteiger charge is 2.64. The van der Waals surface area contributed by atoms with Crippen molar-refractivity contribution in [2.24, 2.45) is 29.1 Å². The summed E-state index contributed by atoms with van der Waals surface area (Å²) in [5.74, 6) is 0.967. The molecule has 3 heteroatoms. The molecule has 6 atom stereocenters. The van der Waals surface area contributed by atoms with Crippen LogP contribution in [0.2, 0.25) is 0 Å². The molecule has 0 aromatic rings. The van der Waals surface area contributed by atoms with E-state index in [1.165, 1.54) is 0 Å². The third-order valence-corrected chi connectivity index (χ3v) is 5.93. The van der Waals surface area contributed by atoms with Crippen LogP contribution in [0, 0.1) is 29.1 Å². The first kappa shape index (κ1) is 12.6. The van der Waals surface area contributed by atoms with Gasteiger partial charge in [0, 0.05) is 5.92 Å². The molecular formula is C15H24O3. The van der Waals surface area contributed by atoms with Crippen LogP contribution in [0.4, 0.5) is 0 Å². The lowest BCUT2D eigenvalue weighted by atomic mass is 9.60. The van der Waals surface area contributed by atoms with Crippen LogP contribution >= 0.6 is 0 Å². The molecule has 18 heavy (non-hydrogen) atoms. The topological polar surface area (TPSA) is 49.7 Å². The molecule has 3 fully saturated rings. The van der Waals surface area contributed by atoms with Crippen LogP contribution in [0.5, 0.6) is 0 Å². The summed E-state index contributed by atoms with van der Waals surface area (Å²) in [5.41, 5.74) is 0.549. The Morgan fingerprint density at radius 2 is 2.11 bits per heavy atom. The highest BCUT2D eigenvalue weighted by atomic mass is 16.6. The van der Waals surface area contributed by atoms with Gasteiger partial charge < -0.3 is 14.9 Å². The summed E-state index contributed by atoms with van der Waals surface area (Å²) >= 11 is 0. The Bertz CT molecular complexity index is 384. The van der Waals surface area contributed by atoms with E-state index in [2.05, 4.69) is 13.5 Å². The molecule has 1 heterocycles. The number of hydrogen-bond acceptors (Lipinski definition) is 3. The van der Waals surface area contributed by atoms with E-state index in [1.807, 2.05) is 13.8 Å². The minimum atomic E-state index is -0.733. The summed E-state index contributed by atoms with van der Waals surface area (Å²) in [6, 6.07) is 0. The number of aliphatic hydroxyl groups excluding tert-OH is 1. The monoisotopic (exact) mass is 252 g/mol. The van der Waals surface area contributed by atoms with E-state index in [-0.39, 0.29) is 17.3 Å². The summed E-state index contributed by atoms with van der Waals surface area (Å²) in [4.78, 5) is 0. The average Bonchev–Trinajstić information content (AvgIpc) is 2.34. The number of rotatable bonds is 1. The van der Waals surface area contributed by atoms with E-state index in [4.69, 9.17) is 4.74 Å². The van der Waals surface area contributed by atoms with Gasteiger partial charge in [-0.3, -0.25) is 0 Å². The molecule has 0 aromatic carbocycles. The standard InChI is InChI=1S/C15H24O3/c1-8-11-12-9(14(2,3)17)5-6-15(8,4)10(12)7-18-13(11)16/h9-13,16-17H,1,5-7H2,2-4H3/t9-,10-,11-,12-,13+,15-/m0/s1. The van der Waals surface area contributed by atoms with Crippen molar-refractivity contribution < 1.29 is 14.9 Å². The minimum absolute atomic E-state index is 0.00711. The van der Waals surface area contributed by atoms with Crippen molar-refractivity contribution in [3.63, 3.8) is 0 Å². The Morgan fingerprint density at radius 3 is 2.72 bits per heavy atom. The average molecular weight is 252 g/mol. The maximum atomic E-state index is 10.4. The predicted molar refractivity (Wildman–Crippen MR) is 68.7 cm³/mol. The lowest BCUT2D eigenvalue weighted by Gasteiger charge is -2.49. The second-order valence-corrected chi connectivity index (χ2v) is 7.18. The van der Waals surface area contributed by atoms with Gasteiger partial charge in [0.05, 0.1) is 12.2 Å². The van der Waals surface area contributed by atoms with Crippen molar-refractivity contribution in [2.75, 3.05) is 6.61 Å². The third-order valence-electron chi connectivity index (χ3n) is 5.93.